The van der Waals surface area contributed by atoms with Crippen LogP contribution in [-0.2, 0) is 4.79 Å². The van der Waals surface area contributed by atoms with Gasteiger partial charge in [-0.1, -0.05) is 20.3 Å². The van der Waals surface area contributed by atoms with Crippen molar-refractivity contribution in [1.29, 1.82) is 5.26 Å². The Hall–Kier alpha value is -2.62. The molecule has 0 aliphatic rings. The number of carbonyl (C=O) groups is 1. The molecule has 2 atom stereocenters. The largest absolute Gasteiger partial charge is 0.480 e. The van der Waals surface area contributed by atoms with Crippen LogP contribution in [-0.4, -0.2) is 22.0 Å². The molecule has 0 amide bonds. The molecule has 0 spiro atoms. The highest BCUT2D eigenvalue weighted by molar-refractivity contribution is 5.79. The number of anilines is 1. The molecule has 1 aromatic rings. The van der Waals surface area contributed by atoms with Gasteiger partial charge in [-0.3, -0.25) is 10.1 Å². The van der Waals surface area contributed by atoms with E-state index in [1.165, 1.54) is 12.1 Å². The third-order valence-corrected chi connectivity index (χ3v) is 3.12. The molecule has 0 aliphatic heterocycles. The SMILES string of the molecule is CC[C@H](C)[C@H](Nc1ccc([N+](=O)[O-])cc1C#N)C(=O)O. The zero-order valence-corrected chi connectivity index (χ0v) is 11.2. The second-order valence-corrected chi connectivity index (χ2v) is 4.44. The van der Waals surface area contributed by atoms with Gasteiger partial charge in [0.05, 0.1) is 16.2 Å². The van der Waals surface area contributed by atoms with Gasteiger partial charge < -0.3 is 10.4 Å². The monoisotopic (exact) mass is 277 g/mol. The van der Waals surface area contributed by atoms with Crippen LogP contribution < -0.4 is 5.32 Å². The fraction of sp³-hybridized carbons (Fsp3) is 0.385. The van der Waals surface area contributed by atoms with Crippen LogP contribution >= 0.6 is 0 Å². The number of nitrogens with one attached hydrogen (secondary N) is 1. The Morgan fingerprint density at radius 1 is 1.60 bits per heavy atom. The topological polar surface area (TPSA) is 116 Å². The maximum absolute atomic E-state index is 11.2. The van der Waals surface area contributed by atoms with Gasteiger partial charge in [0.1, 0.15) is 12.1 Å². The van der Waals surface area contributed by atoms with Crippen LogP contribution in [0.5, 0.6) is 0 Å². The lowest BCUT2D eigenvalue weighted by Gasteiger charge is -2.21. The average Bonchev–Trinajstić information content (AvgIpc) is 2.43. The zero-order chi connectivity index (χ0) is 15.3. The van der Waals surface area contributed by atoms with Gasteiger partial charge in [0.25, 0.3) is 5.69 Å². The molecule has 20 heavy (non-hydrogen) atoms. The molecule has 0 aromatic heterocycles. The Labute approximate surface area is 116 Å². The van der Waals surface area contributed by atoms with Crippen LogP contribution in [0, 0.1) is 27.4 Å². The fourth-order valence-corrected chi connectivity index (χ4v) is 1.71. The summed E-state index contributed by atoms with van der Waals surface area (Å²) in [6.07, 6.45) is 0.652. The van der Waals surface area contributed by atoms with Gasteiger partial charge in [-0.25, -0.2) is 4.79 Å². The van der Waals surface area contributed by atoms with Crippen molar-refractivity contribution in [3.05, 3.63) is 33.9 Å². The molecule has 1 rings (SSSR count). The van der Waals surface area contributed by atoms with Gasteiger partial charge in [-0.2, -0.15) is 5.26 Å². The number of nitrogens with zero attached hydrogens (tertiary/aromatic N) is 2. The van der Waals surface area contributed by atoms with Crippen molar-refractivity contribution in [2.45, 2.75) is 26.3 Å². The van der Waals surface area contributed by atoms with Crippen LogP contribution in [0.1, 0.15) is 25.8 Å². The van der Waals surface area contributed by atoms with Gasteiger partial charge in [-0.15, -0.1) is 0 Å². The van der Waals surface area contributed by atoms with E-state index in [0.29, 0.717) is 6.42 Å². The highest BCUT2D eigenvalue weighted by atomic mass is 16.6. The number of rotatable bonds is 6. The lowest BCUT2D eigenvalue weighted by molar-refractivity contribution is -0.384. The van der Waals surface area contributed by atoms with Crippen LogP contribution in [0.25, 0.3) is 0 Å². The smallest absolute Gasteiger partial charge is 0.326 e. The molecule has 0 fully saturated rings. The third-order valence-electron chi connectivity index (χ3n) is 3.12. The van der Waals surface area contributed by atoms with E-state index >= 15 is 0 Å². The second-order valence-electron chi connectivity index (χ2n) is 4.44. The average molecular weight is 277 g/mol. The van der Waals surface area contributed by atoms with Crippen LogP contribution in [0.15, 0.2) is 18.2 Å². The number of hydrogen-bond donors (Lipinski definition) is 2. The van der Waals surface area contributed by atoms with E-state index in [2.05, 4.69) is 5.32 Å². The first-order chi connectivity index (χ1) is 9.40. The standard InChI is InChI=1S/C13H15N3O4/c1-3-8(2)12(13(17)18)15-11-5-4-10(16(19)20)6-9(11)7-14/h4-6,8,12,15H,3H2,1-2H3,(H,17,18)/t8-,12-/m0/s1. The molecule has 0 saturated carbocycles. The maximum Gasteiger partial charge on any atom is 0.326 e. The number of carboxylic acid groups (broad SMARTS) is 1. The van der Waals surface area contributed by atoms with Crippen molar-refractivity contribution in [3.8, 4) is 6.07 Å². The van der Waals surface area contributed by atoms with E-state index in [-0.39, 0.29) is 22.9 Å². The highest BCUT2D eigenvalue weighted by Crippen LogP contribution is 2.24. The quantitative estimate of drug-likeness (QED) is 0.609. The molecule has 106 valence electrons. The Morgan fingerprint density at radius 3 is 2.70 bits per heavy atom. The van der Waals surface area contributed by atoms with Crippen molar-refractivity contribution in [2.24, 2.45) is 5.92 Å². The minimum Gasteiger partial charge on any atom is -0.480 e. The number of aliphatic carboxylic acids is 1. The molecule has 2 N–H and O–H groups in total. The summed E-state index contributed by atoms with van der Waals surface area (Å²) in [5, 5.41) is 31.6. The molecule has 0 radical (unpaired) electrons. The first-order valence-electron chi connectivity index (χ1n) is 6.08. The number of nitriles is 1. The maximum atomic E-state index is 11.2. The van der Waals surface area contributed by atoms with Crippen LogP contribution in [0.3, 0.4) is 0 Å². The highest BCUT2D eigenvalue weighted by Gasteiger charge is 2.24. The van der Waals surface area contributed by atoms with Crippen molar-refractivity contribution in [3.63, 3.8) is 0 Å². The Bertz CT molecular complexity index is 565. The minimum absolute atomic E-state index is 0.0498. The summed E-state index contributed by atoms with van der Waals surface area (Å²) in [4.78, 5) is 21.3. The van der Waals surface area contributed by atoms with Gasteiger partial charge >= 0.3 is 5.97 Å². The summed E-state index contributed by atoms with van der Waals surface area (Å²) in [5.74, 6) is -1.17. The zero-order valence-electron chi connectivity index (χ0n) is 11.2. The van der Waals surface area contributed by atoms with Crippen molar-refractivity contribution < 1.29 is 14.8 Å². The van der Waals surface area contributed by atoms with Crippen molar-refractivity contribution in [2.75, 3.05) is 5.32 Å². The summed E-state index contributed by atoms with van der Waals surface area (Å²) in [7, 11) is 0. The van der Waals surface area contributed by atoms with Crippen molar-refractivity contribution >= 4 is 17.3 Å². The summed E-state index contributed by atoms with van der Waals surface area (Å²) >= 11 is 0. The summed E-state index contributed by atoms with van der Waals surface area (Å²) in [5.41, 5.74) is 0.127. The predicted molar refractivity (Wildman–Crippen MR) is 72.3 cm³/mol. The Balaban J connectivity index is 3.11. The normalized spacial score (nSPS) is 13.1. The molecule has 7 heteroatoms. The Morgan fingerprint density at radius 2 is 2.25 bits per heavy atom. The van der Waals surface area contributed by atoms with Gasteiger partial charge in [0, 0.05) is 12.1 Å². The molecule has 0 unspecified atom stereocenters. The van der Waals surface area contributed by atoms with E-state index in [4.69, 9.17) is 5.26 Å². The Kier molecular flexibility index (Phi) is 5.03. The molecule has 1 aromatic carbocycles. The summed E-state index contributed by atoms with van der Waals surface area (Å²) in [6.45, 7) is 3.65. The van der Waals surface area contributed by atoms with E-state index in [1.54, 1.807) is 6.92 Å². The number of nitro benzene ring substituents is 1. The van der Waals surface area contributed by atoms with Gasteiger partial charge in [0.2, 0.25) is 0 Å². The van der Waals surface area contributed by atoms with Crippen LogP contribution in [0.2, 0.25) is 0 Å². The first kappa shape index (κ1) is 15.4. The molecule has 0 heterocycles. The molecule has 7 nitrogen and oxygen atoms in total. The lowest BCUT2D eigenvalue weighted by atomic mass is 9.98. The van der Waals surface area contributed by atoms with E-state index in [0.717, 1.165) is 6.07 Å². The number of carboxylic acids is 1. The second kappa shape index (κ2) is 6.52. The van der Waals surface area contributed by atoms with Crippen LogP contribution in [0.4, 0.5) is 11.4 Å². The summed E-state index contributed by atoms with van der Waals surface area (Å²) in [6, 6.07) is 4.69. The van der Waals surface area contributed by atoms with E-state index in [9.17, 15) is 20.0 Å². The number of hydrogen-bond acceptors (Lipinski definition) is 5. The number of non-ortho nitro benzene ring substituents is 1. The van der Waals surface area contributed by atoms with Gasteiger partial charge in [-0.05, 0) is 12.0 Å². The number of benzene rings is 1. The molecular formula is C13H15N3O4. The molecule has 0 saturated heterocycles. The number of nitro groups is 1. The van der Waals surface area contributed by atoms with Crippen molar-refractivity contribution in [1.82, 2.24) is 0 Å². The predicted octanol–water partition coefficient (Wildman–Crippen LogP) is 2.38. The molecule has 0 bridgehead atoms. The minimum atomic E-state index is -1.03. The van der Waals surface area contributed by atoms with Gasteiger partial charge in [0.15, 0.2) is 0 Å². The van der Waals surface area contributed by atoms with E-state index < -0.39 is 16.9 Å². The summed E-state index contributed by atoms with van der Waals surface area (Å²) < 4.78 is 0. The lowest BCUT2D eigenvalue weighted by Crippen LogP contribution is -2.35. The first-order valence-corrected chi connectivity index (χ1v) is 6.08. The van der Waals surface area contributed by atoms with E-state index in [1.807, 2.05) is 13.0 Å². The molecular weight excluding hydrogens is 262 g/mol. The fourth-order valence-electron chi connectivity index (χ4n) is 1.71. The molecule has 0 aliphatic carbocycles. The third kappa shape index (κ3) is 3.45.